The molecule has 2 unspecified atom stereocenters. The first kappa shape index (κ1) is 14.6. The van der Waals surface area contributed by atoms with Gasteiger partial charge in [-0.05, 0) is 30.9 Å². The second kappa shape index (κ2) is 6.09. The largest absolute Gasteiger partial charge is 0.366 e. The first-order chi connectivity index (χ1) is 9.56. The minimum absolute atomic E-state index is 0.0512. The van der Waals surface area contributed by atoms with Crippen molar-refractivity contribution in [2.75, 3.05) is 17.4 Å². The van der Waals surface area contributed by atoms with Gasteiger partial charge in [0.2, 0.25) is 0 Å². The quantitative estimate of drug-likeness (QED) is 0.502. The lowest BCUT2D eigenvalue weighted by Gasteiger charge is -2.37. The fourth-order valence-electron chi connectivity index (χ4n) is 3.18. The highest BCUT2D eigenvalue weighted by molar-refractivity contribution is 5.76. The number of hydrazine groups is 1. The Morgan fingerprint density at radius 3 is 2.70 bits per heavy atom. The third-order valence-electron chi connectivity index (χ3n) is 4.30. The molecule has 0 amide bonds. The normalized spacial score (nSPS) is 22.4. The molecule has 2 atom stereocenters. The zero-order valence-electron chi connectivity index (χ0n) is 12.0. The fourth-order valence-corrected chi connectivity index (χ4v) is 3.18. The van der Waals surface area contributed by atoms with Crippen LogP contribution in [0.1, 0.15) is 32.6 Å². The van der Waals surface area contributed by atoms with E-state index in [1.807, 2.05) is 11.9 Å². The van der Waals surface area contributed by atoms with Crippen molar-refractivity contribution in [2.24, 2.45) is 11.8 Å². The lowest BCUT2D eigenvalue weighted by Crippen LogP contribution is -2.39. The van der Waals surface area contributed by atoms with Crippen LogP contribution in [-0.2, 0) is 0 Å². The summed E-state index contributed by atoms with van der Waals surface area (Å²) in [6.07, 6.45) is 4.69. The summed E-state index contributed by atoms with van der Waals surface area (Å²) in [6, 6.07) is 5.55. The van der Waals surface area contributed by atoms with Gasteiger partial charge in [0, 0.05) is 13.1 Å². The van der Waals surface area contributed by atoms with Crippen LogP contribution in [0, 0.1) is 16.0 Å². The molecule has 1 aromatic rings. The second-order valence-electron chi connectivity index (χ2n) is 5.51. The van der Waals surface area contributed by atoms with Crippen molar-refractivity contribution in [3.63, 3.8) is 0 Å². The van der Waals surface area contributed by atoms with Gasteiger partial charge in [-0.1, -0.05) is 25.8 Å². The van der Waals surface area contributed by atoms with Crippen molar-refractivity contribution < 1.29 is 4.92 Å². The van der Waals surface area contributed by atoms with E-state index in [2.05, 4.69) is 12.3 Å². The lowest BCUT2D eigenvalue weighted by molar-refractivity contribution is -0.383. The maximum Gasteiger partial charge on any atom is 0.316 e. The van der Waals surface area contributed by atoms with Crippen LogP contribution < -0.4 is 16.2 Å². The van der Waals surface area contributed by atoms with Gasteiger partial charge in [0.25, 0.3) is 0 Å². The maximum atomic E-state index is 11.4. The van der Waals surface area contributed by atoms with E-state index in [1.54, 1.807) is 18.2 Å². The van der Waals surface area contributed by atoms with Gasteiger partial charge in [-0.15, -0.1) is 0 Å². The number of benzene rings is 1. The number of anilines is 2. The van der Waals surface area contributed by atoms with E-state index in [-0.39, 0.29) is 10.6 Å². The average molecular weight is 278 g/mol. The highest BCUT2D eigenvalue weighted by atomic mass is 16.6. The van der Waals surface area contributed by atoms with E-state index in [1.165, 1.54) is 19.3 Å². The van der Waals surface area contributed by atoms with Crippen molar-refractivity contribution in [3.05, 3.63) is 28.3 Å². The molecule has 0 heterocycles. The number of para-hydroxylation sites is 1. The maximum absolute atomic E-state index is 11.4. The smallest absolute Gasteiger partial charge is 0.316 e. The van der Waals surface area contributed by atoms with Crippen molar-refractivity contribution in [3.8, 4) is 0 Å². The summed E-state index contributed by atoms with van der Waals surface area (Å²) in [7, 11) is 1.94. The Labute approximate surface area is 119 Å². The Hall–Kier alpha value is -1.82. The molecule has 2 rings (SSSR count). The topological polar surface area (TPSA) is 84.4 Å². The van der Waals surface area contributed by atoms with Crippen LogP contribution in [0.15, 0.2) is 18.2 Å². The zero-order chi connectivity index (χ0) is 14.7. The summed E-state index contributed by atoms with van der Waals surface area (Å²) in [4.78, 5) is 13.0. The Bertz CT molecular complexity index is 492. The number of hydrogen-bond acceptors (Lipinski definition) is 5. The molecule has 0 radical (unpaired) electrons. The number of hydrogen-bond donors (Lipinski definition) is 2. The molecule has 1 fully saturated rings. The number of nitro groups is 1. The highest BCUT2D eigenvalue weighted by Gasteiger charge is 2.30. The number of nitro benzene ring substituents is 1. The van der Waals surface area contributed by atoms with Crippen molar-refractivity contribution >= 4 is 17.1 Å². The van der Waals surface area contributed by atoms with Crippen LogP contribution in [0.4, 0.5) is 17.1 Å². The van der Waals surface area contributed by atoms with Crippen molar-refractivity contribution in [1.29, 1.82) is 0 Å². The minimum atomic E-state index is -0.367. The SMILES string of the molecule is CC1CCCCC1N(C)c1cccc(NN)c1[N+](=O)[O-]. The van der Waals surface area contributed by atoms with E-state index >= 15 is 0 Å². The van der Waals surface area contributed by atoms with E-state index in [0.29, 0.717) is 23.3 Å². The molecular formula is C14H22N4O2. The summed E-state index contributed by atoms with van der Waals surface area (Å²) in [5, 5.41) is 11.4. The van der Waals surface area contributed by atoms with Gasteiger partial charge in [-0.25, -0.2) is 0 Å². The first-order valence-corrected chi connectivity index (χ1v) is 7.03. The molecule has 0 bridgehead atoms. The van der Waals surface area contributed by atoms with Crippen LogP contribution in [0.3, 0.4) is 0 Å². The van der Waals surface area contributed by atoms with E-state index < -0.39 is 0 Å². The Morgan fingerprint density at radius 1 is 1.40 bits per heavy atom. The number of rotatable bonds is 4. The van der Waals surface area contributed by atoms with Crippen LogP contribution in [0.25, 0.3) is 0 Å². The molecule has 0 saturated heterocycles. The number of nitrogens with zero attached hydrogens (tertiary/aromatic N) is 2. The molecule has 1 aromatic carbocycles. The van der Waals surface area contributed by atoms with Gasteiger partial charge in [0.05, 0.1) is 4.92 Å². The Balaban J connectivity index is 2.38. The minimum Gasteiger partial charge on any atom is -0.366 e. The molecule has 3 N–H and O–H groups in total. The molecule has 1 saturated carbocycles. The molecule has 0 spiro atoms. The van der Waals surface area contributed by atoms with E-state index in [0.717, 1.165) is 6.42 Å². The number of nitrogens with one attached hydrogen (secondary N) is 1. The molecule has 20 heavy (non-hydrogen) atoms. The predicted octanol–water partition coefficient (Wildman–Crippen LogP) is 2.90. The molecule has 0 aromatic heterocycles. The molecular weight excluding hydrogens is 256 g/mol. The molecule has 1 aliphatic rings. The summed E-state index contributed by atoms with van der Waals surface area (Å²) in [5.41, 5.74) is 3.45. The van der Waals surface area contributed by atoms with Crippen LogP contribution >= 0.6 is 0 Å². The summed E-state index contributed by atoms with van der Waals surface area (Å²) in [6.45, 7) is 2.22. The Morgan fingerprint density at radius 2 is 2.10 bits per heavy atom. The summed E-state index contributed by atoms with van der Waals surface area (Å²) >= 11 is 0. The molecule has 6 nitrogen and oxygen atoms in total. The third-order valence-corrected chi connectivity index (χ3v) is 4.30. The van der Waals surface area contributed by atoms with Gasteiger partial charge in [-0.3, -0.25) is 16.0 Å². The molecule has 1 aliphatic carbocycles. The zero-order valence-corrected chi connectivity index (χ0v) is 12.0. The van der Waals surface area contributed by atoms with E-state index in [4.69, 9.17) is 5.84 Å². The monoisotopic (exact) mass is 278 g/mol. The summed E-state index contributed by atoms with van der Waals surface area (Å²) in [5.74, 6) is 5.93. The van der Waals surface area contributed by atoms with Crippen LogP contribution in [-0.4, -0.2) is 18.0 Å². The standard InChI is InChI=1S/C14H22N4O2/c1-10-6-3-4-8-12(10)17(2)13-9-5-7-11(16-15)14(13)18(19)20/h5,7,9-10,12,16H,3-4,6,8,15H2,1-2H3. The van der Waals surface area contributed by atoms with Gasteiger partial charge < -0.3 is 10.3 Å². The fraction of sp³-hybridized carbons (Fsp3) is 0.571. The van der Waals surface area contributed by atoms with Crippen LogP contribution in [0.2, 0.25) is 0 Å². The van der Waals surface area contributed by atoms with Gasteiger partial charge >= 0.3 is 5.69 Å². The van der Waals surface area contributed by atoms with Crippen molar-refractivity contribution in [2.45, 2.75) is 38.6 Å². The molecule has 6 heteroatoms. The van der Waals surface area contributed by atoms with Crippen molar-refractivity contribution in [1.82, 2.24) is 0 Å². The first-order valence-electron chi connectivity index (χ1n) is 7.03. The predicted molar refractivity (Wildman–Crippen MR) is 80.7 cm³/mol. The molecule has 0 aliphatic heterocycles. The second-order valence-corrected chi connectivity index (χ2v) is 5.51. The number of nitrogen functional groups attached to an aromatic ring is 1. The van der Waals surface area contributed by atoms with Gasteiger partial charge in [-0.2, -0.15) is 0 Å². The van der Waals surface area contributed by atoms with Crippen LogP contribution in [0.5, 0.6) is 0 Å². The Kier molecular flexibility index (Phi) is 4.44. The van der Waals surface area contributed by atoms with Gasteiger partial charge in [0.15, 0.2) is 0 Å². The van der Waals surface area contributed by atoms with E-state index in [9.17, 15) is 10.1 Å². The highest BCUT2D eigenvalue weighted by Crippen LogP contribution is 2.38. The molecule has 110 valence electrons. The average Bonchev–Trinajstić information content (AvgIpc) is 2.46. The lowest BCUT2D eigenvalue weighted by atomic mass is 9.85. The third kappa shape index (κ3) is 2.70. The number of nitrogens with two attached hydrogens (primary N) is 1. The summed E-state index contributed by atoms with van der Waals surface area (Å²) < 4.78 is 0. The van der Waals surface area contributed by atoms with Gasteiger partial charge in [0.1, 0.15) is 11.4 Å².